The van der Waals surface area contributed by atoms with Crippen molar-refractivity contribution in [2.45, 2.75) is 25.8 Å². The molecule has 2 heterocycles. The summed E-state index contributed by atoms with van der Waals surface area (Å²) in [6, 6.07) is 11.1. The van der Waals surface area contributed by atoms with Gasteiger partial charge in [-0.05, 0) is 38.0 Å². The minimum absolute atomic E-state index is 0.00137. The van der Waals surface area contributed by atoms with E-state index in [1.54, 1.807) is 0 Å². The van der Waals surface area contributed by atoms with E-state index in [1.807, 2.05) is 66.0 Å². The van der Waals surface area contributed by atoms with Crippen LogP contribution >= 0.6 is 0 Å². The molecular formula is C19H23N3O2. The van der Waals surface area contributed by atoms with Crippen molar-refractivity contribution in [3.8, 4) is 0 Å². The van der Waals surface area contributed by atoms with Gasteiger partial charge in [0.25, 0.3) is 11.8 Å². The first-order chi connectivity index (χ1) is 11.6. The third-order valence-electron chi connectivity index (χ3n) is 4.69. The van der Waals surface area contributed by atoms with Gasteiger partial charge in [0.15, 0.2) is 0 Å². The average molecular weight is 325 g/mol. The zero-order chi connectivity index (χ0) is 17.1. The summed E-state index contributed by atoms with van der Waals surface area (Å²) in [5, 5.41) is 3.08. The first kappa shape index (κ1) is 16.3. The third-order valence-corrected chi connectivity index (χ3v) is 4.69. The summed E-state index contributed by atoms with van der Waals surface area (Å²) in [5.74, 6) is -0.0300. The van der Waals surface area contributed by atoms with Gasteiger partial charge in [0.1, 0.15) is 0 Å². The zero-order valence-electron chi connectivity index (χ0n) is 14.2. The number of amides is 2. The number of aromatic nitrogens is 1. The summed E-state index contributed by atoms with van der Waals surface area (Å²) in [7, 11) is 1.92. The first-order valence-electron chi connectivity index (χ1n) is 8.33. The summed E-state index contributed by atoms with van der Waals surface area (Å²) in [6.07, 6.45) is 3.68. The number of hydrogen-bond donors (Lipinski definition) is 1. The van der Waals surface area contributed by atoms with Crippen molar-refractivity contribution in [2.75, 3.05) is 13.1 Å². The van der Waals surface area contributed by atoms with E-state index in [1.165, 1.54) is 0 Å². The molecular weight excluding hydrogens is 302 g/mol. The lowest BCUT2D eigenvalue weighted by molar-refractivity contribution is 0.0676. The van der Waals surface area contributed by atoms with Gasteiger partial charge in [-0.15, -0.1) is 0 Å². The van der Waals surface area contributed by atoms with Crippen LogP contribution in [0.3, 0.4) is 0 Å². The summed E-state index contributed by atoms with van der Waals surface area (Å²) < 4.78 is 1.93. The van der Waals surface area contributed by atoms with Gasteiger partial charge in [-0.25, -0.2) is 0 Å². The molecule has 1 aromatic heterocycles. The second-order valence-corrected chi connectivity index (χ2v) is 6.36. The average Bonchev–Trinajstić information content (AvgIpc) is 2.94. The number of hydrogen-bond acceptors (Lipinski definition) is 2. The summed E-state index contributed by atoms with van der Waals surface area (Å²) in [5.41, 5.74) is 2.34. The van der Waals surface area contributed by atoms with Gasteiger partial charge < -0.3 is 14.8 Å². The number of rotatable bonds is 3. The highest BCUT2D eigenvalue weighted by Gasteiger charge is 2.26. The molecule has 24 heavy (non-hydrogen) atoms. The van der Waals surface area contributed by atoms with E-state index in [9.17, 15) is 9.59 Å². The number of benzene rings is 1. The molecule has 126 valence electrons. The highest BCUT2D eigenvalue weighted by molar-refractivity contribution is 5.96. The minimum Gasteiger partial charge on any atom is -0.354 e. The van der Waals surface area contributed by atoms with Crippen molar-refractivity contribution in [3.05, 3.63) is 59.4 Å². The number of nitrogens with one attached hydrogen (secondary N) is 1. The number of carbonyl (C=O) groups is 2. The SMILES string of the molecule is Cc1c(C(=O)NC2CCCN(C(=O)c3ccccc3)C2)ccn1C. The number of carbonyl (C=O) groups excluding carboxylic acids is 2. The van der Waals surface area contributed by atoms with Crippen LogP contribution in [0.2, 0.25) is 0 Å². The zero-order valence-corrected chi connectivity index (χ0v) is 14.2. The Morgan fingerprint density at radius 1 is 1.17 bits per heavy atom. The molecule has 0 bridgehead atoms. The smallest absolute Gasteiger partial charge is 0.253 e. The lowest BCUT2D eigenvalue weighted by Crippen LogP contribution is -2.49. The molecule has 1 aliphatic heterocycles. The van der Waals surface area contributed by atoms with Gasteiger partial charge in [-0.2, -0.15) is 0 Å². The molecule has 5 nitrogen and oxygen atoms in total. The standard InChI is InChI=1S/C19H23N3O2/c1-14-17(10-12-21(14)2)18(23)20-16-9-6-11-22(13-16)19(24)15-7-4-3-5-8-15/h3-5,7-8,10,12,16H,6,9,11,13H2,1-2H3,(H,20,23). The molecule has 5 heteroatoms. The molecule has 1 aromatic carbocycles. The Morgan fingerprint density at radius 3 is 2.58 bits per heavy atom. The predicted molar refractivity (Wildman–Crippen MR) is 93.0 cm³/mol. The number of nitrogens with zero attached hydrogens (tertiary/aromatic N) is 2. The van der Waals surface area contributed by atoms with Crippen LogP contribution in [0.15, 0.2) is 42.6 Å². The number of piperidine rings is 1. The van der Waals surface area contributed by atoms with Crippen molar-refractivity contribution in [3.63, 3.8) is 0 Å². The molecule has 1 saturated heterocycles. The molecule has 0 aliphatic carbocycles. The summed E-state index contributed by atoms with van der Waals surface area (Å²) in [6.45, 7) is 3.23. The van der Waals surface area contributed by atoms with Crippen molar-refractivity contribution < 1.29 is 9.59 Å². The summed E-state index contributed by atoms with van der Waals surface area (Å²) in [4.78, 5) is 26.9. The van der Waals surface area contributed by atoms with Crippen LogP contribution in [0.25, 0.3) is 0 Å². The quantitative estimate of drug-likeness (QED) is 0.942. The molecule has 2 aromatic rings. The normalized spacial score (nSPS) is 17.6. The maximum absolute atomic E-state index is 12.6. The van der Waals surface area contributed by atoms with Crippen LogP contribution in [0, 0.1) is 6.92 Å². The fourth-order valence-corrected chi connectivity index (χ4v) is 3.15. The molecule has 0 spiro atoms. The predicted octanol–water partition coefficient (Wildman–Crippen LogP) is 2.37. The Morgan fingerprint density at radius 2 is 1.92 bits per heavy atom. The highest BCUT2D eigenvalue weighted by atomic mass is 16.2. The van der Waals surface area contributed by atoms with Crippen LogP contribution in [0.4, 0.5) is 0 Å². The van der Waals surface area contributed by atoms with Crippen LogP contribution in [0.5, 0.6) is 0 Å². The van der Waals surface area contributed by atoms with Crippen molar-refractivity contribution in [1.29, 1.82) is 0 Å². The molecule has 1 fully saturated rings. The van der Waals surface area contributed by atoms with Crippen LogP contribution in [0.1, 0.15) is 39.3 Å². The van der Waals surface area contributed by atoms with E-state index in [4.69, 9.17) is 0 Å². The van der Waals surface area contributed by atoms with Crippen molar-refractivity contribution >= 4 is 11.8 Å². The second kappa shape index (κ2) is 6.91. The highest BCUT2D eigenvalue weighted by Crippen LogP contribution is 2.15. The van der Waals surface area contributed by atoms with Gasteiger partial charge in [-0.3, -0.25) is 9.59 Å². The largest absolute Gasteiger partial charge is 0.354 e. The van der Waals surface area contributed by atoms with E-state index >= 15 is 0 Å². The maximum atomic E-state index is 12.6. The third kappa shape index (κ3) is 3.35. The molecule has 1 unspecified atom stereocenters. The lowest BCUT2D eigenvalue weighted by atomic mass is 10.0. The molecule has 2 amide bonds. The molecule has 1 aliphatic rings. The van der Waals surface area contributed by atoms with E-state index in [-0.39, 0.29) is 17.9 Å². The Balaban J connectivity index is 1.64. The molecule has 1 atom stereocenters. The molecule has 1 N–H and O–H groups in total. The van der Waals surface area contributed by atoms with E-state index < -0.39 is 0 Å². The second-order valence-electron chi connectivity index (χ2n) is 6.36. The van der Waals surface area contributed by atoms with Crippen LogP contribution in [-0.2, 0) is 7.05 Å². The van der Waals surface area contributed by atoms with E-state index in [2.05, 4.69) is 5.32 Å². The monoisotopic (exact) mass is 325 g/mol. The Bertz CT molecular complexity index is 736. The maximum Gasteiger partial charge on any atom is 0.253 e. The van der Waals surface area contributed by atoms with E-state index in [0.29, 0.717) is 17.7 Å². The van der Waals surface area contributed by atoms with Crippen LogP contribution in [-0.4, -0.2) is 40.4 Å². The van der Waals surface area contributed by atoms with Crippen molar-refractivity contribution in [1.82, 2.24) is 14.8 Å². The number of likely N-dealkylation sites (tertiary alicyclic amines) is 1. The molecule has 3 rings (SSSR count). The van der Waals surface area contributed by atoms with Gasteiger partial charge in [0, 0.05) is 43.6 Å². The van der Waals surface area contributed by atoms with E-state index in [0.717, 1.165) is 25.1 Å². The van der Waals surface area contributed by atoms with Gasteiger partial charge in [-0.1, -0.05) is 18.2 Å². The minimum atomic E-state index is -0.0629. The van der Waals surface area contributed by atoms with Crippen LogP contribution < -0.4 is 5.32 Å². The lowest BCUT2D eigenvalue weighted by Gasteiger charge is -2.33. The molecule has 0 saturated carbocycles. The van der Waals surface area contributed by atoms with Gasteiger partial charge >= 0.3 is 0 Å². The first-order valence-corrected chi connectivity index (χ1v) is 8.33. The molecule has 0 radical (unpaired) electrons. The Labute approximate surface area is 142 Å². The van der Waals surface area contributed by atoms with Crippen molar-refractivity contribution in [2.24, 2.45) is 7.05 Å². The summed E-state index contributed by atoms with van der Waals surface area (Å²) >= 11 is 0. The topological polar surface area (TPSA) is 54.3 Å². The fraction of sp³-hybridized carbons (Fsp3) is 0.368. The van der Waals surface area contributed by atoms with Gasteiger partial charge in [0.05, 0.1) is 5.56 Å². The van der Waals surface area contributed by atoms with Gasteiger partial charge in [0.2, 0.25) is 0 Å². The fourth-order valence-electron chi connectivity index (χ4n) is 3.15. The number of aryl methyl sites for hydroxylation is 1. The Hall–Kier alpha value is -2.56. The Kier molecular flexibility index (Phi) is 4.69.